The highest BCUT2D eigenvalue weighted by molar-refractivity contribution is 6.06. The van der Waals surface area contributed by atoms with Crippen molar-refractivity contribution in [1.82, 2.24) is 14.5 Å². The Hall–Kier alpha value is -2.14. The minimum atomic E-state index is -0.323. The number of imidazole rings is 1. The van der Waals surface area contributed by atoms with Crippen molar-refractivity contribution in [2.75, 3.05) is 5.73 Å². The summed E-state index contributed by atoms with van der Waals surface area (Å²) in [6.45, 7) is 6.82. The molecule has 3 rings (SSSR count). The Labute approximate surface area is 124 Å². The third-order valence-corrected chi connectivity index (χ3v) is 3.57. The summed E-state index contributed by atoms with van der Waals surface area (Å²) >= 11 is 0. The summed E-state index contributed by atoms with van der Waals surface area (Å²) in [5.74, 6) is 1.47. The number of pyridine rings is 1. The van der Waals surface area contributed by atoms with Gasteiger partial charge < -0.3 is 16.0 Å². The molecule has 1 aromatic carbocycles. The molecule has 0 radical (unpaired) electrons. The Bertz CT molecular complexity index is 811. The molecule has 0 spiro atoms. The molecule has 110 valence electrons. The van der Waals surface area contributed by atoms with E-state index in [1.165, 1.54) is 0 Å². The normalized spacial score (nSPS) is 12.4. The number of rotatable bonds is 3. The summed E-state index contributed by atoms with van der Waals surface area (Å²) in [6, 6.07) is 8.01. The number of anilines is 1. The van der Waals surface area contributed by atoms with E-state index in [0.717, 1.165) is 34.2 Å². The van der Waals surface area contributed by atoms with Crippen LogP contribution >= 0.6 is 0 Å². The first-order chi connectivity index (χ1) is 9.90. The number of benzene rings is 1. The van der Waals surface area contributed by atoms with E-state index in [9.17, 15) is 0 Å². The lowest BCUT2D eigenvalue weighted by molar-refractivity contribution is 0.433. The molecule has 4 N–H and O–H groups in total. The van der Waals surface area contributed by atoms with Gasteiger partial charge in [-0.1, -0.05) is 25.1 Å². The van der Waals surface area contributed by atoms with Crippen LogP contribution in [-0.4, -0.2) is 20.1 Å². The minimum absolute atomic E-state index is 0.323. The zero-order valence-corrected chi connectivity index (χ0v) is 12.7. The van der Waals surface area contributed by atoms with Gasteiger partial charge in [0.15, 0.2) is 5.82 Å². The molecular weight excluding hydrogens is 262 g/mol. The van der Waals surface area contributed by atoms with Gasteiger partial charge in [-0.3, -0.25) is 0 Å². The zero-order chi connectivity index (χ0) is 15.2. The quantitative estimate of drug-likeness (QED) is 0.773. The summed E-state index contributed by atoms with van der Waals surface area (Å²) in [4.78, 5) is 9.14. The molecule has 2 heterocycles. The SMILES string of the molecule is CCc1nc2c(N)nc3ccccc3c2n1CC(C)(C)N. The standard InChI is InChI=1S/C16H21N5/c1-4-12-20-13-14(21(12)9-16(2,3)18)10-7-5-6-8-11(10)19-15(13)17/h5-8H,4,9,18H2,1-3H3,(H2,17,19). The van der Waals surface area contributed by atoms with Gasteiger partial charge in [-0.25, -0.2) is 9.97 Å². The van der Waals surface area contributed by atoms with Crippen LogP contribution in [-0.2, 0) is 13.0 Å². The van der Waals surface area contributed by atoms with Crippen LogP contribution in [0.2, 0.25) is 0 Å². The van der Waals surface area contributed by atoms with E-state index in [4.69, 9.17) is 11.5 Å². The molecule has 21 heavy (non-hydrogen) atoms. The van der Waals surface area contributed by atoms with Gasteiger partial charge in [0.25, 0.3) is 0 Å². The largest absolute Gasteiger partial charge is 0.382 e. The molecule has 0 aliphatic rings. The second-order valence-corrected chi connectivity index (χ2v) is 6.17. The second kappa shape index (κ2) is 4.70. The lowest BCUT2D eigenvalue weighted by atomic mass is 10.1. The molecule has 0 unspecified atom stereocenters. The summed E-state index contributed by atoms with van der Waals surface area (Å²) in [5.41, 5.74) is 14.7. The van der Waals surface area contributed by atoms with E-state index in [2.05, 4.69) is 27.5 Å². The van der Waals surface area contributed by atoms with Crippen molar-refractivity contribution in [3.8, 4) is 0 Å². The molecule has 0 aliphatic heterocycles. The summed E-state index contributed by atoms with van der Waals surface area (Å²) < 4.78 is 2.19. The van der Waals surface area contributed by atoms with Gasteiger partial charge in [-0.15, -0.1) is 0 Å². The second-order valence-electron chi connectivity index (χ2n) is 6.17. The Morgan fingerprint density at radius 3 is 2.57 bits per heavy atom. The lowest BCUT2D eigenvalue weighted by Gasteiger charge is -2.21. The van der Waals surface area contributed by atoms with Gasteiger partial charge >= 0.3 is 0 Å². The van der Waals surface area contributed by atoms with Crippen LogP contribution in [0.4, 0.5) is 5.82 Å². The fourth-order valence-electron chi connectivity index (χ4n) is 2.75. The monoisotopic (exact) mass is 283 g/mol. The van der Waals surface area contributed by atoms with Crippen LogP contribution in [0.1, 0.15) is 26.6 Å². The van der Waals surface area contributed by atoms with E-state index in [1.54, 1.807) is 0 Å². The van der Waals surface area contributed by atoms with E-state index >= 15 is 0 Å². The highest BCUT2D eigenvalue weighted by atomic mass is 15.1. The lowest BCUT2D eigenvalue weighted by Crippen LogP contribution is -2.37. The smallest absolute Gasteiger partial charge is 0.152 e. The fraction of sp³-hybridized carbons (Fsp3) is 0.375. The number of hydrogen-bond donors (Lipinski definition) is 2. The Kier molecular flexibility index (Phi) is 3.10. The average Bonchev–Trinajstić information content (AvgIpc) is 2.76. The molecule has 0 bridgehead atoms. The predicted molar refractivity (Wildman–Crippen MR) is 87.1 cm³/mol. The van der Waals surface area contributed by atoms with Crippen molar-refractivity contribution in [2.45, 2.75) is 39.3 Å². The molecular formula is C16H21N5. The van der Waals surface area contributed by atoms with Crippen molar-refractivity contribution in [1.29, 1.82) is 0 Å². The number of nitrogen functional groups attached to an aromatic ring is 1. The Balaban J connectivity index is 2.43. The first-order valence-electron chi connectivity index (χ1n) is 7.23. The molecule has 0 aliphatic carbocycles. The number of nitrogens with zero attached hydrogens (tertiary/aromatic N) is 3. The minimum Gasteiger partial charge on any atom is -0.382 e. The summed E-state index contributed by atoms with van der Waals surface area (Å²) in [7, 11) is 0. The van der Waals surface area contributed by atoms with E-state index in [0.29, 0.717) is 12.4 Å². The molecule has 5 heteroatoms. The van der Waals surface area contributed by atoms with Gasteiger partial charge in [-0.05, 0) is 19.9 Å². The maximum Gasteiger partial charge on any atom is 0.152 e. The zero-order valence-electron chi connectivity index (χ0n) is 12.7. The molecule has 0 saturated carbocycles. The molecule has 3 aromatic rings. The molecule has 0 atom stereocenters. The highest BCUT2D eigenvalue weighted by Crippen LogP contribution is 2.29. The molecule has 2 aromatic heterocycles. The van der Waals surface area contributed by atoms with Crippen LogP contribution in [0.3, 0.4) is 0 Å². The van der Waals surface area contributed by atoms with Gasteiger partial charge in [0.05, 0.1) is 11.0 Å². The topological polar surface area (TPSA) is 82.8 Å². The number of para-hydroxylation sites is 1. The van der Waals surface area contributed by atoms with E-state index < -0.39 is 0 Å². The number of nitrogens with two attached hydrogens (primary N) is 2. The van der Waals surface area contributed by atoms with E-state index in [1.807, 2.05) is 32.0 Å². The van der Waals surface area contributed by atoms with Crippen molar-refractivity contribution in [2.24, 2.45) is 5.73 Å². The number of aryl methyl sites for hydroxylation is 1. The summed E-state index contributed by atoms with van der Waals surface area (Å²) in [6.07, 6.45) is 0.832. The van der Waals surface area contributed by atoms with Crippen LogP contribution < -0.4 is 11.5 Å². The molecule has 5 nitrogen and oxygen atoms in total. The maximum absolute atomic E-state index is 6.23. The molecule has 0 saturated heterocycles. The third kappa shape index (κ3) is 2.34. The third-order valence-electron chi connectivity index (χ3n) is 3.57. The Morgan fingerprint density at radius 2 is 1.90 bits per heavy atom. The fourth-order valence-corrected chi connectivity index (χ4v) is 2.75. The Morgan fingerprint density at radius 1 is 1.19 bits per heavy atom. The van der Waals surface area contributed by atoms with Gasteiger partial charge in [0, 0.05) is 23.9 Å². The van der Waals surface area contributed by atoms with Crippen molar-refractivity contribution < 1.29 is 0 Å². The predicted octanol–water partition coefficient (Wildman–Crippen LogP) is 2.47. The molecule has 0 amide bonds. The first kappa shape index (κ1) is 13.8. The summed E-state index contributed by atoms with van der Waals surface area (Å²) in [5, 5.41) is 1.07. The van der Waals surface area contributed by atoms with Crippen molar-refractivity contribution >= 4 is 27.8 Å². The average molecular weight is 283 g/mol. The van der Waals surface area contributed by atoms with Gasteiger partial charge in [0.2, 0.25) is 0 Å². The van der Waals surface area contributed by atoms with Crippen LogP contribution in [0.5, 0.6) is 0 Å². The molecule has 0 fully saturated rings. The van der Waals surface area contributed by atoms with Crippen molar-refractivity contribution in [3.63, 3.8) is 0 Å². The van der Waals surface area contributed by atoms with Gasteiger partial charge in [-0.2, -0.15) is 0 Å². The number of aromatic nitrogens is 3. The van der Waals surface area contributed by atoms with E-state index in [-0.39, 0.29) is 5.54 Å². The maximum atomic E-state index is 6.23. The first-order valence-corrected chi connectivity index (χ1v) is 7.23. The highest BCUT2D eigenvalue weighted by Gasteiger charge is 2.20. The van der Waals surface area contributed by atoms with Gasteiger partial charge in [0.1, 0.15) is 11.3 Å². The van der Waals surface area contributed by atoms with Crippen LogP contribution in [0.15, 0.2) is 24.3 Å². The van der Waals surface area contributed by atoms with Crippen LogP contribution in [0.25, 0.3) is 21.9 Å². The van der Waals surface area contributed by atoms with Crippen molar-refractivity contribution in [3.05, 3.63) is 30.1 Å². The number of fused-ring (bicyclic) bond motifs is 3. The number of hydrogen-bond acceptors (Lipinski definition) is 4. The van der Waals surface area contributed by atoms with Crippen LogP contribution in [0, 0.1) is 0 Å².